The number of aryl methyl sites for hydroxylation is 1. The maximum absolute atomic E-state index is 10.9. The molecular weight excluding hydrogens is 254 g/mol. The zero-order chi connectivity index (χ0) is 13.1. The number of furan rings is 1. The third kappa shape index (κ3) is 2.65. The average Bonchev–Trinajstić information content (AvgIpc) is 2.79. The van der Waals surface area contributed by atoms with E-state index in [-0.39, 0.29) is 5.56 Å². The topological polar surface area (TPSA) is 62.5 Å². The number of hydrogen-bond donors (Lipinski definition) is 2. The lowest BCUT2D eigenvalue weighted by atomic mass is 10.2. The Morgan fingerprint density at radius 3 is 2.89 bits per heavy atom. The van der Waals surface area contributed by atoms with E-state index in [0.29, 0.717) is 17.3 Å². The molecule has 0 bridgehead atoms. The highest BCUT2D eigenvalue weighted by molar-refractivity contribution is 6.31. The molecule has 0 saturated carbocycles. The molecule has 0 aliphatic rings. The van der Waals surface area contributed by atoms with Gasteiger partial charge in [-0.3, -0.25) is 0 Å². The van der Waals surface area contributed by atoms with Crippen molar-refractivity contribution in [2.24, 2.45) is 0 Å². The van der Waals surface area contributed by atoms with Crippen LogP contribution in [0.25, 0.3) is 0 Å². The van der Waals surface area contributed by atoms with Gasteiger partial charge >= 0.3 is 5.97 Å². The van der Waals surface area contributed by atoms with Gasteiger partial charge in [0.05, 0.1) is 12.8 Å². The van der Waals surface area contributed by atoms with E-state index in [1.807, 2.05) is 19.1 Å². The monoisotopic (exact) mass is 265 g/mol. The van der Waals surface area contributed by atoms with Crippen molar-refractivity contribution in [3.8, 4) is 0 Å². The largest absolute Gasteiger partial charge is 0.478 e. The van der Waals surface area contributed by atoms with Gasteiger partial charge in [-0.25, -0.2) is 4.79 Å². The lowest BCUT2D eigenvalue weighted by molar-refractivity contribution is 0.0694. The van der Waals surface area contributed by atoms with Gasteiger partial charge in [-0.1, -0.05) is 17.7 Å². The van der Waals surface area contributed by atoms with Gasteiger partial charge in [-0.15, -0.1) is 0 Å². The van der Waals surface area contributed by atoms with Gasteiger partial charge in [0.15, 0.2) is 0 Å². The Hall–Kier alpha value is -1.94. The summed E-state index contributed by atoms with van der Waals surface area (Å²) < 4.78 is 5.13. The van der Waals surface area contributed by atoms with E-state index >= 15 is 0 Å². The van der Waals surface area contributed by atoms with Crippen LogP contribution in [0.4, 0.5) is 5.69 Å². The zero-order valence-electron chi connectivity index (χ0n) is 9.74. The highest BCUT2D eigenvalue weighted by Crippen LogP contribution is 2.21. The number of aromatic carboxylic acids is 1. The summed E-state index contributed by atoms with van der Waals surface area (Å²) in [6, 6.07) is 7.00. The molecule has 0 atom stereocenters. The summed E-state index contributed by atoms with van der Waals surface area (Å²) in [6.07, 6.45) is 1.36. The second-order valence-corrected chi connectivity index (χ2v) is 4.29. The van der Waals surface area contributed by atoms with E-state index in [1.54, 1.807) is 6.07 Å². The third-order valence-corrected chi connectivity index (χ3v) is 3.01. The zero-order valence-corrected chi connectivity index (χ0v) is 10.5. The fraction of sp³-hybridized carbons (Fsp3) is 0.154. The molecule has 0 unspecified atom stereocenters. The third-order valence-electron chi connectivity index (χ3n) is 2.60. The molecule has 0 saturated heterocycles. The SMILES string of the molecule is Cc1ccc(NCc2occc2C(=O)O)cc1Cl. The van der Waals surface area contributed by atoms with Crippen LogP contribution in [0, 0.1) is 6.92 Å². The first-order valence-corrected chi connectivity index (χ1v) is 5.75. The van der Waals surface area contributed by atoms with Gasteiger partial charge in [-0.2, -0.15) is 0 Å². The minimum Gasteiger partial charge on any atom is -0.478 e. The van der Waals surface area contributed by atoms with E-state index in [0.717, 1.165) is 11.3 Å². The second-order valence-electron chi connectivity index (χ2n) is 3.88. The Bertz CT molecular complexity index is 577. The van der Waals surface area contributed by atoms with E-state index in [2.05, 4.69) is 5.32 Å². The standard InChI is InChI=1S/C13H12ClNO3/c1-8-2-3-9(6-11(8)14)15-7-12-10(13(16)17)4-5-18-12/h2-6,15H,7H2,1H3,(H,16,17). The van der Waals surface area contributed by atoms with Crippen molar-refractivity contribution in [2.75, 3.05) is 5.32 Å². The number of carbonyl (C=O) groups is 1. The van der Waals surface area contributed by atoms with Crippen molar-refractivity contribution in [1.82, 2.24) is 0 Å². The van der Waals surface area contributed by atoms with Gasteiger partial charge in [0, 0.05) is 10.7 Å². The Kier molecular flexibility index (Phi) is 3.58. The Morgan fingerprint density at radius 1 is 1.44 bits per heavy atom. The number of rotatable bonds is 4. The Labute approximate surface area is 109 Å². The number of hydrogen-bond acceptors (Lipinski definition) is 3. The number of benzene rings is 1. The maximum atomic E-state index is 10.9. The smallest absolute Gasteiger partial charge is 0.339 e. The molecule has 18 heavy (non-hydrogen) atoms. The van der Waals surface area contributed by atoms with E-state index < -0.39 is 5.97 Å². The van der Waals surface area contributed by atoms with Gasteiger partial charge in [0.25, 0.3) is 0 Å². The first-order chi connectivity index (χ1) is 8.58. The quantitative estimate of drug-likeness (QED) is 0.887. The predicted octanol–water partition coefficient (Wildman–Crippen LogP) is 3.55. The summed E-state index contributed by atoms with van der Waals surface area (Å²) in [5.74, 6) is -0.610. The van der Waals surface area contributed by atoms with Crippen molar-refractivity contribution in [1.29, 1.82) is 0 Å². The van der Waals surface area contributed by atoms with Crippen molar-refractivity contribution in [3.63, 3.8) is 0 Å². The number of nitrogens with one attached hydrogen (secondary N) is 1. The maximum Gasteiger partial charge on any atom is 0.339 e. The number of halogens is 1. The highest BCUT2D eigenvalue weighted by atomic mass is 35.5. The van der Waals surface area contributed by atoms with Crippen LogP contribution in [0.2, 0.25) is 5.02 Å². The summed E-state index contributed by atoms with van der Waals surface area (Å²) >= 11 is 6.00. The minimum absolute atomic E-state index is 0.167. The van der Waals surface area contributed by atoms with E-state index in [4.69, 9.17) is 21.1 Å². The minimum atomic E-state index is -0.998. The molecule has 0 amide bonds. The summed E-state index contributed by atoms with van der Waals surface area (Å²) in [6.45, 7) is 2.22. The lowest BCUT2D eigenvalue weighted by Crippen LogP contribution is -2.04. The molecule has 5 heteroatoms. The molecule has 0 aliphatic carbocycles. The molecule has 2 rings (SSSR count). The van der Waals surface area contributed by atoms with Crippen molar-refractivity contribution >= 4 is 23.3 Å². The fourth-order valence-corrected chi connectivity index (χ4v) is 1.73. The van der Waals surface area contributed by atoms with Crippen LogP contribution in [-0.2, 0) is 6.54 Å². The molecule has 1 aromatic heterocycles. The molecular formula is C13H12ClNO3. The lowest BCUT2D eigenvalue weighted by Gasteiger charge is -2.07. The summed E-state index contributed by atoms with van der Waals surface area (Å²) in [5, 5.41) is 12.7. The molecule has 2 aromatic rings. The first-order valence-electron chi connectivity index (χ1n) is 5.37. The van der Waals surface area contributed by atoms with Crippen LogP contribution < -0.4 is 5.32 Å². The van der Waals surface area contributed by atoms with Crippen LogP contribution >= 0.6 is 11.6 Å². The molecule has 4 nitrogen and oxygen atoms in total. The van der Waals surface area contributed by atoms with Gasteiger partial charge in [0.2, 0.25) is 0 Å². The second kappa shape index (κ2) is 5.14. The van der Waals surface area contributed by atoms with E-state index in [9.17, 15) is 4.79 Å². The van der Waals surface area contributed by atoms with Gasteiger partial charge in [0.1, 0.15) is 11.3 Å². The van der Waals surface area contributed by atoms with Gasteiger partial charge in [-0.05, 0) is 30.7 Å². The average molecular weight is 266 g/mol. The van der Waals surface area contributed by atoms with Crippen LogP contribution in [0.15, 0.2) is 34.9 Å². The molecule has 0 fully saturated rings. The van der Waals surface area contributed by atoms with Crippen molar-refractivity contribution in [3.05, 3.63) is 52.4 Å². The molecule has 0 spiro atoms. The van der Waals surface area contributed by atoms with Crippen LogP contribution in [0.3, 0.4) is 0 Å². The van der Waals surface area contributed by atoms with Crippen LogP contribution in [0.5, 0.6) is 0 Å². The molecule has 0 radical (unpaired) electrons. The Balaban J connectivity index is 2.09. The van der Waals surface area contributed by atoms with Crippen molar-refractivity contribution in [2.45, 2.75) is 13.5 Å². The Morgan fingerprint density at radius 2 is 2.22 bits per heavy atom. The number of carboxylic acids is 1. The van der Waals surface area contributed by atoms with Gasteiger partial charge < -0.3 is 14.8 Å². The normalized spacial score (nSPS) is 10.3. The molecule has 1 aromatic carbocycles. The van der Waals surface area contributed by atoms with Crippen LogP contribution in [0.1, 0.15) is 21.7 Å². The first kappa shape index (κ1) is 12.5. The van der Waals surface area contributed by atoms with Crippen LogP contribution in [-0.4, -0.2) is 11.1 Å². The molecule has 0 aliphatic heterocycles. The summed E-state index contributed by atoms with van der Waals surface area (Å²) in [5.41, 5.74) is 1.98. The molecule has 1 heterocycles. The summed E-state index contributed by atoms with van der Waals surface area (Å²) in [7, 11) is 0. The number of carboxylic acid groups (broad SMARTS) is 1. The molecule has 94 valence electrons. The predicted molar refractivity (Wildman–Crippen MR) is 69.2 cm³/mol. The highest BCUT2D eigenvalue weighted by Gasteiger charge is 2.12. The van der Waals surface area contributed by atoms with Crippen molar-refractivity contribution < 1.29 is 14.3 Å². The fourth-order valence-electron chi connectivity index (χ4n) is 1.55. The van der Waals surface area contributed by atoms with E-state index in [1.165, 1.54) is 12.3 Å². The molecule has 2 N–H and O–H groups in total. The number of anilines is 1. The summed E-state index contributed by atoms with van der Waals surface area (Å²) in [4.78, 5) is 10.9.